The Morgan fingerprint density at radius 1 is 1.41 bits per heavy atom. The number of ether oxygens (including phenoxy) is 2. The molecule has 2 aliphatic rings. The maximum absolute atomic E-state index is 13.9. The normalized spacial score (nSPS) is 19.2. The fraction of sp³-hybridized carbons (Fsp3) is 0.524. The molecule has 4 rings (SSSR count). The lowest BCUT2D eigenvalue weighted by Gasteiger charge is -2.22. The van der Waals surface area contributed by atoms with E-state index in [2.05, 4.69) is 28.4 Å². The maximum atomic E-state index is 13.9. The van der Waals surface area contributed by atoms with Crippen molar-refractivity contribution in [2.45, 2.75) is 32.3 Å². The molecule has 1 fully saturated rings. The first-order valence-corrected chi connectivity index (χ1v) is 10.2. The largest absolute Gasteiger partial charge is 0.467 e. The number of likely N-dealkylation sites (tertiary alicyclic amines) is 1. The van der Waals surface area contributed by atoms with Crippen LogP contribution in [0.2, 0.25) is 0 Å². The maximum Gasteiger partial charge on any atom is 0.193 e. The van der Waals surface area contributed by atoms with Gasteiger partial charge in [0.1, 0.15) is 11.6 Å². The van der Waals surface area contributed by atoms with E-state index < -0.39 is 0 Å². The van der Waals surface area contributed by atoms with E-state index in [0.717, 1.165) is 48.9 Å². The van der Waals surface area contributed by atoms with Gasteiger partial charge in [0.15, 0.2) is 12.8 Å². The third kappa shape index (κ3) is 4.53. The number of fused-ring (bicyclic) bond motifs is 1. The second-order valence-corrected chi connectivity index (χ2v) is 7.53. The number of aryl methyl sites for hydroxylation is 1. The first-order valence-electron chi connectivity index (χ1n) is 10.2. The van der Waals surface area contributed by atoms with Crippen molar-refractivity contribution in [3.05, 3.63) is 47.0 Å². The van der Waals surface area contributed by atoms with E-state index >= 15 is 0 Å². The standard InChI is InChI=1S/C21H28FN5O2/c1-3-23-21(27-7-5-16(12-27)18-10-25-26(2)11-18)24-6-4-15-8-19(22)9-17-13-28-14-29-20(15)17/h8-11,16H,3-7,12-14H2,1-2H3,(H,23,24). The van der Waals surface area contributed by atoms with E-state index in [4.69, 9.17) is 14.5 Å². The highest BCUT2D eigenvalue weighted by molar-refractivity contribution is 5.80. The van der Waals surface area contributed by atoms with Gasteiger partial charge in [0, 0.05) is 50.9 Å². The molecule has 1 unspecified atom stereocenters. The zero-order valence-electron chi connectivity index (χ0n) is 17.0. The van der Waals surface area contributed by atoms with Crippen LogP contribution in [0.5, 0.6) is 5.75 Å². The number of nitrogens with one attached hydrogen (secondary N) is 1. The molecular formula is C21H28FN5O2. The highest BCUT2D eigenvalue weighted by Crippen LogP contribution is 2.30. The van der Waals surface area contributed by atoms with Crippen LogP contribution in [0.1, 0.15) is 36.0 Å². The molecule has 3 heterocycles. The summed E-state index contributed by atoms with van der Waals surface area (Å²) in [7, 11) is 1.95. The predicted octanol–water partition coefficient (Wildman–Crippen LogP) is 2.42. The molecule has 2 aliphatic heterocycles. The molecule has 7 nitrogen and oxygen atoms in total. The molecule has 156 valence electrons. The Kier molecular flexibility index (Phi) is 5.99. The Balaban J connectivity index is 1.42. The predicted molar refractivity (Wildman–Crippen MR) is 109 cm³/mol. The van der Waals surface area contributed by atoms with Crippen LogP contribution in [0.25, 0.3) is 0 Å². The fourth-order valence-corrected chi connectivity index (χ4v) is 4.03. The summed E-state index contributed by atoms with van der Waals surface area (Å²) in [5.41, 5.74) is 2.88. The summed E-state index contributed by atoms with van der Waals surface area (Å²) in [5, 5.41) is 7.69. The molecule has 2 aromatic rings. The Morgan fingerprint density at radius 2 is 2.31 bits per heavy atom. The van der Waals surface area contributed by atoms with Crippen molar-refractivity contribution in [3.8, 4) is 5.75 Å². The van der Waals surface area contributed by atoms with Gasteiger partial charge in [-0.3, -0.25) is 9.67 Å². The average molecular weight is 401 g/mol. The first-order chi connectivity index (χ1) is 14.1. The summed E-state index contributed by atoms with van der Waals surface area (Å²) in [6, 6.07) is 3.02. The number of guanidine groups is 1. The monoisotopic (exact) mass is 401 g/mol. The number of halogens is 1. The summed E-state index contributed by atoms with van der Waals surface area (Å²) in [4.78, 5) is 7.10. The third-order valence-electron chi connectivity index (χ3n) is 5.41. The van der Waals surface area contributed by atoms with Crippen molar-refractivity contribution in [1.29, 1.82) is 0 Å². The fourth-order valence-electron chi connectivity index (χ4n) is 4.03. The van der Waals surface area contributed by atoms with Gasteiger partial charge in [-0.1, -0.05) is 0 Å². The van der Waals surface area contributed by atoms with Crippen molar-refractivity contribution in [2.24, 2.45) is 12.0 Å². The van der Waals surface area contributed by atoms with Gasteiger partial charge >= 0.3 is 0 Å². The molecule has 0 radical (unpaired) electrons. The summed E-state index contributed by atoms with van der Waals surface area (Å²) in [5.74, 6) is 1.86. The van der Waals surface area contributed by atoms with E-state index in [9.17, 15) is 4.39 Å². The van der Waals surface area contributed by atoms with Crippen LogP contribution in [-0.4, -0.2) is 53.6 Å². The van der Waals surface area contributed by atoms with Crippen LogP contribution in [-0.2, 0) is 24.8 Å². The topological polar surface area (TPSA) is 63.9 Å². The van der Waals surface area contributed by atoms with Gasteiger partial charge in [-0.15, -0.1) is 0 Å². The van der Waals surface area contributed by atoms with Gasteiger partial charge in [0.2, 0.25) is 0 Å². The van der Waals surface area contributed by atoms with E-state index in [-0.39, 0.29) is 12.6 Å². The van der Waals surface area contributed by atoms with E-state index in [0.29, 0.717) is 25.5 Å². The molecule has 8 heteroatoms. The Bertz CT molecular complexity index is 882. The number of aliphatic imine (C=N–C) groups is 1. The Hall–Kier alpha value is -2.61. The molecule has 29 heavy (non-hydrogen) atoms. The molecule has 1 aromatic heterocycles. The minimum Gasteiger partial charge on any atom is -0.467 e. The number of rotatable bonds is 5. The van der Waals surface area contributed by atoms with E-state index in [1.54, 1.807) is 6.07 Å². The minimum atomic E-state index is -0.261. The zero-order chi connectivity index (χ0) is 20.2. The Morgan fingerprint density at radius 3 is 3.10 bits per heavy atom. The van der Waals surface area contributed by atoms with E-state index in [1.165, 1.54) is 11.6 Å². The van der Waals surface area contributed by atoms with Gasteiger partial charge < -0.3 is 19.7 Å². The number of nitrogens with zero attached hydrogens (tertiary/aromatic N) is 4. The molecule has 1 atom stereocenters. The van der Waals surface area contributed by atoms with Crippen molar-refractivity contribution < 1.29 is 13.9 Å². The van der Waals surface area contributed by atoms with Crippen molar-refractivity contribution in [3.63, 3.8) is 0 Å². The summed E-state index contributed by atoms with van der Waals surface area (Å²) in [6.07, 6.45) is 5.75. The van der Waals surface area contributed by atoms with Gasteiger partial charge in [0.05, 0.1) is 12.8 Å². The molecule has 0 spiro atoms. The Labute approximate surface area is 170 Å². The highest BCUT2D eigenvalue weighted by atomic mass is 19.1. The SMILES string of the molecule is CCNC(=NCCc1cc(F)cc2c1OCOC2)N1CCC(c2cnn(C)c2)C1. The molecular weight excluding hydrogens is 373 g/mol. The lowest BCUT2D eigenvalue weighted by atomic mass is 10.0. The molecule has 0 saturated carbocycles. The summed E-state index contributed by atoms with van der Waals surface area (Å²) in [6.45, 7) is 5.92. The smallest absolute Gasteiger partial charge is 0.193 e. The second-order valence-electron chi connectivity index (χ2n) is 7.53. The van der Waals surface area contributed by atoms with Crippen LogP contribution >= 0.6 is 0 Å². The molecule has 0 aliphatic carbocycles. The lowest BCUT2D eigenvalue weighted by molar-refractivity contribution is -0.0172. The van der Waals surface area contributed by atoms with Crippen LogP contribution in [0.4, 0.5) is 4.39 Å². The van der Waals surface area contributed by atoms with Crippen LogP contribution in [0.15, 0.2) is 29.5 Å². The molecule has 0 amide bonds. The van der Waals surface area contributed by atoms with Crippen molar-refractivity contribution >= 4 is 5.96 Å². The second kappa shape index (κ2) is 8.82. The minimum absolute atomic E-state index is 0.209. The van der Waals surface area contributed by atoms with Gasteiger partial charge in [0.25, 0.3) is 0 Å². The molecule has 0 bridgehead atoms. The third-order valence-corrected chi connectivity index (χ3v) is 5.41. The lowest BCUT2D eigenvalue weighted by Crippen LogP contribution is -2.40. The van der Waals surface area contributed by atoms with Gasteiger partial charge in [-0.25, -0.2) is 4.39 Å². The molecule has 1 N–H and O–H groups in total. The van der Waals surface area contributed by atoms with Gasteiger partial charge in [-0.2, -0.15) is 5.10 Å². The average Bonchev–Trinajstić information content (AvgIpc) is 3.36. The summed E-state index contributed by atoms with van der Waals surface area (Å²) >= 11 is 0. The van der Waals surface area contributed by atoms with Gasteiger partial charge in [-0.05, 0) is 43.0 Å². The number of hydrogen-bond acceptors (Lipinski definition) is 4. The van der Waals surface area contributed by atoms with Crippen LogP contribution in [0, 0.1) is 5.82 Å². The zero-order valence-corrected chi connectivity index (χ0v) is 17.0. The number of hydrogen-bond donors (Lipinski definition) is 1. The van der Waals surface area contributed by atoms with E-state index in [1.807, 2.05) is 17.9 Å². The highest BCUT2D eigenvalue weighted by Gasteiger charge is 2.27. The van der Waals surface area contributed by atoms with Crippen molar-refractivity contribution in [2.75, 3.05) is 33.0 Å². The quantitative estimate of drug-likeness (QED) is 0.616. The number of benzene rings is 1. The first kappa shape index (κ1) is 19.7. The molecule has 1 saturated heterocycles. The number of aromatic nitrogens is 2. The molecule has 1 aromatic carbocycles. The van der Waals surface area contributed by atoms with Crippen LogP contribution in [0.3, 0.4) is 0 Å². The van der Waals surface area contributed by atoms with Crippen LogP contribution < -0.4 is 10.1 Å². The summed E-state index contributed by atoms with van der Waals surface area (Å²) < 4.78 is 26.7. The van der Waals surface area contributed by atoms with Crippen molar-refractivity contribution in [1.82, 2.24) is 20.0 Å².